The molecule has 32 heavy (non-hydrogen) atoms. The molecule has 0 spiro atoms. The summed E-state index contributed by atoms with van der Waals surface area (Å²) in [6, 6.07) is 18.8. The number of phenolic OH excluding ortho intramolecular Hbond substituents is 1. The van der Waals surface area contributed by atoms with Crippen LogP contribution in [0.3, 0.4) is 0 Å². The predicted molar refractivity (Wildman–Crippen MR) is 133 cm³/mol. The van der Waals surface area contributed by atoms with Crippen molar-refractivity contribution in [2.75, 3.05) is 13.1 Å². The highest BCUT2D eigenvalue weighted by Crippen LogP contribution is 2.26. The Hall–Kier alpha value is -2.13. The average molecular weight is 436 g/mol. The molecule has 3 heteroatoms. The predicted octanol–water partition coefficient (Wildman–Crippen LogP) is 6.58. The van der Waals surface area contributed by atoms with Crippen LogP contribution in [0.5, 0.6) is 5.75 Å². The number of benzene rings is 2. The molecule has 0 aliphatic heterocycles. The minimum absolute atomic E-state index is 0.321. The SMILES string of the molecule is CCCN(CCCC(=O)C1CCCCC1)C(CCc1ccccc1)Cc1ccc(O)cc1. The molecule has 174 valence electrons. The van der Waals surface area contributed by atoms with Crippen LogP contribution in [-0.2, 0) is 17.6 Å². The van der Waals surface area contributed by atoms with Crippen molar-refractivity contribution < 1.29 is 9.90 Å². The second kappa shape index (κ2) is 13.4. The molecule has 0 bridgehead atoms. The van der Waals surface area contributed by atoms with Crippen molar-refractivity contribution in [2.24, 2.45) is 5.92 Å². The number of carbonyl (C=O) groups excluding carboxylic acids is 1. The average Bonchev–Trinajstić information content (AvgIpc) is 2.83. The Morgan fingerprint density at radius 1 is 0.969 bits per heavy atom. The number of hydrogen-bond acceptors (Lipinski definition) is 3. The van der Waals surface area contributed by atoms with E-state index in [1.165, 1.54) is 30.4 Å². The van der Waals surface area contributed by atoms with Gasteiger partial charge in [-0.1, -0.05) is 68.7 Å². The zero-order chi connectivity index (χ0) is 22.6. The van der Waals surface area contributed by atoms with E-state index in [-0.39, 0.29) is 0 Å². The number of rotatable bonds is 13. The lowest BCUT2D eigenvalue weighted by atomic mass is 9.85. The Balaban J connectivity index is 1.61. The first kappa shape index (κ1) is 24.5. The summed E-state index contributed by atoms with van der Waals surface area (Å²) < 4.78 is 0. The number of phenols is 1. The third-order valence-corrected chi connectivity index (χ3v) is 6.97. The number of aryl methyl sites for hydroxylation is 1. The summed E-state index contributed by atoms with van der Waals surface area (Å²) >= 11 is 0. The van der Waals surface area contributed by atoms with E-state index in [0.717, 1.165) is 64.5 Å². The lowest BCUT2D eigenvalue weighted by Crippen LogP contribution is -2.39. The van der Waals surface area contributed by atoms with Crippen molar-refractivity contribution in [2.45, 2.75) is 83.6 Å². The lowest BCUT2D eigenvalue weighted by molar-refractivity contribution is -0.124. The van der Waals surface area contributed by atoms with Crippen LogP contribution in [0.4, 0.5) is 0 Å². The number of ketones is 1. The van der Waals surface area contributed by atoms with Crippen molar-refractivity contribution in [1.82, 2.24) is 4.90 Å². The molecular weight excluding hydrogens is 394 g/mol. The Kier molecular flexibility index (Phi) is 10.3. The van der Waals surface area contributed by atoms with Gasteiger partial charge in [-0.05, 0) is 81.3 Å². The molecule has 1 saturated carbocycles. The number of carbonyl (C=O) groups is 1. The second-order valence-corrected chi connectivity index (χ2v) is 9.49. The first-order valence-corrected chi connectivity index (χ1v) is 12.7. The molecule has 3 rings (SSSR count). The fraction of sp³-hybridized carbons (Fsp3) is 0.552. The van der Waals surface area contributed by atoms with E-state index in [0.29, 0.717) is 23.5 Å². The summed E-state index contributed by atoms with van der Waals surface area (Å²) in [5.41, 5.74) is 2.65. The molecule has 1 aliphatic carbocycles. The van der Waals surface area contributed by atoms with E-state index in [2.05, 4.69) is 42.2 Å². The van der Waals surface area contributed by atoms with E-state index in [1.54, 1.807) is 12.1 Å². The van der Waals surface area contributed by atoms with Crippen molar-refractivity contribution in [3.63, 3.8) is 0 Å². The monoisotopic (exact) mass is 435 g/mol. The summed E-state index contributed by atoms with van der Waals surface area (Å²) in [6.07, 6.45) is 11.9. The van der Waals surface area contributed by atoms with Crippen LogP contribution in [-0.4, -0.2) is 34.9 Å². The maximum atomic E-state index is 12.7. The van der Waals surface area contributed by atoms with Crippen LogP contribution in [0.15, 0.2) is 54.6 Å². The van der Waals surface area contributed by atoms with Crippen molar-refractivity contribution >= 4 is 5.78 Å². The van der Waals surface area contributed by atoms with Gasteiger partial charge in [-0.15, -0.1) is 0 Å². The largest absolute Gasteiger partial charge is 0.508 e. The molecule has 0 aromatic heterocycles. The lowest BCUT2D eigenvalue weighted by Gasteiger charge is -2.32. The third kappa shape index (κ3) is 8.09. The number of aromatic hydroxyl groups is 1. The van der Waals surface area contributed by atoms with E-state index >= 15 is 0 Å². The topological polar surface area (TPSA) is 40.5 Å². The molecule has 2 aromatic rings. The highest BCUT2D eigenvalue weighted by molar-refractivity contribution is 5.81. The zero-order valence-corrected chi connectivity index (χ0v) is 19.8. The molecule has 0 saturated heterocycles. The van der Waals surface area contributed by atoms with E-state index < -0.39 is 0 Å². The maximum absolute atomic E-state index is 12.7. The van der Waals surface area contributed by atoms with Gasteiger partial charge < -0.3 is 10.0 Å². The summed E-state index contributed by atoms with van der Waals surface area (Å²) in [5.74, 6) is 1.15. The minimum atomic E-state index is 0.321. The third-order valence-electron chi connectivity index (χ3n) is 6.97. The fourth-order valence-corrected chi connectivity index (χ4v) is 5.15. The van der Waals surface area contributed by atoms with Gasteiger partial charge in [0.1, 0.15) is 11.5 Å². The van der Waals surface area contributed by atoms with Gasteiger partial charge in [0.2, 0.25) is 0 Å². The Morgan fingerprint density at radius 2 is 1.69 bits per heavy atom. The second-order valence-electron chi connectivity index (χ2n) is 9.49. The van der Waals surface area contributed by atoms with Crippen molar-refractivity contribution in [3.05, 3.63) is 65.7 Å². The quantitative estimate of drug-likeness (QED) is 0.386. The van der Waals surface area contributed by atoms with E-state index in [1.807, 2.05) is 12.1 Å². The molecule has 1 N–H and O–H groups in total. The standard InChI is InChI=1S/C29H41NO2/c1-2-21-30(22-9-14-29(32)26-12-7-4-8-13-26)27(18-15-24-10-5-3-6-11-24)23-25-16-19-28(31)20-17-25/h3,5-6,10-11,16-17,19-20,26-27,31H,2,4,7-9,12-15,18,21-23H2,1H3. The van der Waals surface area contributed by atoms with Gasteiger partial charge in [-0.3, -0.25) is 4.79 Å². The molecule has 1 aliphatic rings. The highest BCUT2D eigenvalue weighted by Gasteiger charge is 2.22. The van der Waals surface area contributed by atoms with Gasteiger partial charge in [0.05, 0.1) is 0 Å². The Bertz CT molecular complexity index is 781. The molecule has 1 unspecified atom stereocenters. The van der Waals surface area contributed by atoms with Crippen LogP contribution >= 0.6 is 0 Å². The highest BCUT2D eigenvalue weighted by atomic mass is 16.3. The molecule has 0 radical (unpaired) electrons. The first-order chi connectivity index (χ1) is 15.7. The van der Waals surface area contributed by atoms with Gasteiger partial charge in [0.15, 0.2) is 0 Å². The summed E-state index contributed by atoms with van der Waals surface area (Å²) in [7, 11) is 0. The zero-order valence-electron chi connectivity index (χ0n) is 19.8. The number of nitrogens with zero attached hydrogens (tertiary/aromatic N) is 1. The van der Waals surface area contributed by atoms with Crippen LogP contribution in [0.1, 0.15) is 75.8 Å². The molecule has 1 atom stereocenters. The number of hydrogen-bond donors (Lipinski definition) is 1. The van der Waals surface area contributed by atoms with Gasteiger partial charge in [-0.2, -0.15) is 0 Å². The van der Waals surface area contributed by atoms with Crippen molar-refractivity contribution in [3.8, 4) is 5.75 Å². The van der Waals surface area contributed by atoms with Gasteiger partial charge >= 0.3 is 0 Å². The minimum Gasteiger partial charge on any atom is -0.508 e. The molecule has 2 aromatic carbocycles. The van der Waals surface area contributed by atoms with Gasteiger partial charge in [0.25, 0.3) is 0 Å². The molecular formula is C29H41NO2. The fourth-order valence-electron chi connectivity index (χ4n) is 5.15. The summed E-state index contributed by atoms with van der Waals surface area (Å²) in [6.45, 7) is 4.30. The Morgan fingerprint density at radius 3 is 2.38 bits per heavy atom. The maximum Gasteiger partial charge on any atom is 0.136 e. The van der Waals surface area contributed by atoms with Crippen LogP contribution in [0, 0.1) is 5.92 Å². The molecule has 3 nitrogen and oxygen atoms in total. The van der Waals surface area contributed by atoms with Crippen LogP contribution < -0.4 is 0 Å². The van der Waals surface area contributed by atoms with E-state index in [9.17, 15) is 9.90 Å². The van der Waals surface area contributed by atoms with Crippen LogP contribution in [0.25, 0.3) is 0 Å². The molecule has 1 fully saturated rings. The van der Waals surface area contributed by atoms with Crippen molar-refractivity contribution in [1.29, 1.82) is 0 Å². The first-order valence-electron chi connectivity index (χ1n) is 12.7. The van der Waals surface area contributed by atoms with Gasteiger partial charge in [0, 0.05) is 18.4 Å². The summed E-state index contributed by atoms with van der Waals surface area (Å²) in [5, 5.41) is 9.67. The number of Topliss-reactive ketones (excluding diaryl/α,β-unsaturated/α-hetero) is 1. The van der Waals surface area contributed by atoms with Gasteiger partial charge in [-0.25, -0.2) is 0 Å². The van der Waals surface area contributed by atoms with Crippen LogP contribution in [0.2, 0.25) is 0 Å². The normalized spacial score (nSPS) is 15.7. The smallest absolute Gasteiger partial charge is 0.136 e. The Labute approximate surface area is 194 Å². The molecule has 0 heterocycles. The summed E-state index contributed by atoms with van der Waals surface area (Å²) in [4.78, 5) is 15.3. The molecule has 0 amide bonds. The van der Waals surface area contributed by atoms with E-state index in [4.69, 9.17) is 0 Å².